The van der Waals surface area contributed by atoms with E-state index in [1.54, 1.807) is 0 Å². The Bertz CT molecular complexity index is 556. The lowest BCUT2D eigenvalue weighted by Crippen LogP contribution is -2.34. The van der Waals surface area contributed by atoms with E-state index in [0.717, 1.165) is 19.0 Å². The first-order chi connectivity index (χ1) is 8.99. The molecule has 2 heterocycles. The zero-order chi connectivity index (χ0) is 13.9. The molecule has 0 spiro atoms. The number of hydrogen-bond acceptors (Lipinski definition) is 6. The maximum atomic E-state index is 11.8. The molecule has 1 saturated heterocycles. The van der Waals surface area contributed by atoms with Crippen LogP contribution in [0.4, 0.5) is 5.82 Å². The van der Waals surface area contributed by atoms with Crippen LogP contribution in [0.1, 0.15) is 29.8 Å². The summed E-state index contributed by atoms with van der Waals surface area (Å²) in [4.78, 5) is 18.2. The molecule has 1 aromatic rings. The average molecular weight is 285 g/mol. The molecule has 1 aliphatic rings. The largest absolute Gasteiger partial charge is 0.476 e. The molecule has 8 heteroatoms. The molecular formula is C11H15N3O4S. The normalized spacial score (nSPS) is 21.8. The number of hydrogen-bond donors (Lipinski definition) is 2. The quantitative estimate of drug-likeness (QED) is 0.831. The van der Waals surface area contributed by atoms with Crippen molar-refractivity contribution in [2.45, 2.75) is 24.5 Å². The fourth-order valence-electron chi connectivity index (χ4n) is 2.00. The van der Waals surface area contributed by atoms with Crippen molar-refractivity contribution in [1.82, 2.24) is 9.97 Å². The van der Waals surface area contributed by atoms with Gasteiger partial charge in [0.15, 0.2) is 15.5 Å². The average Bonchev–Trinajstić information content (AvgIpc) is 2.37. The standard InChI is InChI=1S/C11H15N3O4S/c15-11(16)9-6-14-10(7-12-9)13-5-8-3-1-2-4-19(8,17)18/h6-8H,1-5H2,(H,13,14)(H,15,16)/t8-/m0/s1. The number of sulfone groups is 1. The Morgan fingerprint density at radius 1 is 1.37 bits per heavy atom. The summed E-state index contributed by atoms with van der Waals surface area (Å²) in [5, 5.41) is 11.2. The van der Waals surface area contributed by atoms with Gasteiger partial charge >= 0.3 is 5.97 Å². The van der Waals surface area contributed by atoms with Gasteiger partial charge in [-0.3, -0.25) is 0 Å². The molecule has 2 rings (SSSR count). The number of rotatable bonds is 4. The Kier molecular flexibility index (Phi) is 3.98. The van der Waals surface area contributed by atoms with Crippen molar-refractivity contribution < 1.29 is 18.3 Å². The summed E-state index contributed by atoms with van der Waals surface area (Å²) in [5.74, 6) is -0.525. The van der Waals surface area contributed by atoms with Gasteiger partial charge in [0.25, 0.3) is 0 Å². The van der Waals surface area contributed by atoms with Gasteiger partial charge in [-0.05, 0) is 12.8 Å². The number of aromatic nitrogens is 2. The van der Waals surface area contributed by atoms with Gasteiger partial charge in [0.2, 0.25) is 0 Å². The second kappa shape index (κ2) is 5.52. The van der Waals surface area contributed by atoms with Crippen molar-refractivity contribution >= 4 is 21.6 Å². The molecule has 0 aromatic carbocycles. The molecule has 1 fully saturated rings. The predicted molar refractivity (Wildman–Crippen MR) is 68.9 cm³/mol. The van der Waals surface area contributed by atoms with Gasteiger partial charge < -0.3 is 10.4 Å². The Balaban J connectivity index is 1.96. The predicted octanol–water partition coefficient (Wildman–Crippen LogP) is 0.554. The van der Waals surface area contributed by atoms with E-state index in [4.69, 9.17) is 5.11 Å². The smallest absolute Gasteiger partial charge is 0.356 e. The molecule has 1 atom stereocenters. The summed E-state index contributed by atoms with van der Waals surface area (Å²) < 4.78 is 23.6. The number of carboxylic acids is 1. The molecular weight excluding hydrogens is 270 g/mol. The zero-order valence-electron chi connectivity index (χ0n) is 10.2. The van der Waals surface area contributed by atoms with Crippen molar-refractivity contribution in [3.8, 4) is 0 Å². The Hall–Kier alpha value is -1.70. The number of anilines is 1. The number of carbonyl (C=O) groups is 1. The number of nitrogens with one attached hydrogen (secondary N) is 1. The van der Waals surface area contributed by atoms with E-state index >= 15 is 0 Å². The highest BCUT2D eigenvalue weighted by Crippen LogP contribution is 2.19. The molecule has 0 radical (unpaired) electrons. The zero-order valence-corrected chi connectivity index (χ0v) is 11.1. The van der Waals surface area contributed by atoms with E-state index < -0.39 is 21.1 Å². The third-order valence-corrected chi connectivity index (χ3v) is 5.37. The van der Waals surface area contributed by atoms with E-state index in [-0.39, 0.29) is 18.0 Å². The monoisotopic (exact) mass is 285 g/mol. The molecule has 19 heavy (non-hydrogen) atoms. The van der Waals surface area contributed by atoms with Crippen molar-refractivity contribution in [2.24, 2.45) is 0 Å². The third-order valence-electron chi connectivity index (χ3n) is 3.09. The Labute approximate surface area is 111 Å². The maximum absolute atomic E-state index is 11.8. The Morgan fingerprint density at radius 2 is 2.16 bits per heavy atom. The first-order valence-corrected chi connectivity index (χ1v) is 7.71. The number of carboxylic acid groups (broad SMARTS) is 1. The molecule has 2 N–H and O–H groups in total. The fraction of sp³-hybridized carbons (Fsp3) is 0.545. The summed E-state index contributed by atoms with van der Waals surface area (Å²) in [6.07, 6.45) is 4.72. The van der Waals surface area contributed by atoms with Crippen LogP contribution in [-0.4, -0.2) is 47.0 Å². The second-order valence-corrected chi connectivity index (χ2v) is 6.86. The van der Waals surface area contributed by atoms with Crippen LogP contribution < -0.4 is 5.32 Å². The van der Waals surface area contributed by atoms with E-state index in [1.165, 1.54) is 6.20 Å². The molecule has 7 nitrogen and oxygen atoms in total. The first kappa shape index (κ1) is 13.7. The van der Waals surface area contributed by atoms with E-state index in [1.807, 2.05) is 0 Å². The second-order valence-electron chi connectivity index (χ2n) is 4.46. The Morgan fingerprint density at radius 3 is 2.74 bits per heavy atom. The summed E-state index contributed by atoms with van der Waals surface area (Å²) >= 11 is 0. The van der Waals surface area contributed by atoms with Crippen LogP contribution in [0.15, 0.2) is 12.4 Å². The minimum atomic E-state index is -3.02. The summed E-state index contributed by atoms with van der Waals surface area (Å²) in [5.41, 5.74) is -0.143. The summed E-state index contributed by atoms with van der Waals surface area (Å²) in [6, 6.07) is 0. The topological polar surface area (TPSA) is 109 Å². The van der Waals surface area contributed by atoms with Crippen molar-refractivity contribution in [3.05, 3.63) is 18.1 Å². The third kappa shape index (κ3) is 3.40. The van der Waals surface area contributed by atoms with Gasteiger partial charge in [-0.25, -0.2) is 23.2 Å². The fourth-order valence-corrected chi connectivity index (χ4v) is 3.80. The van der Waals surface area contributed by atoms with E-state index in [0.29, 0.717) is 12.2 Å². The van der Waals surface area contributed by atoms with Crippen molar-refractivity contribution in [2.75, 3.05) is 17.6 Å². The first-order valence-electron chi connectivity index (χ1n) is 6.00. The van der Waals surface area contributed by atoms with Crippen LogP contribution in [0.2, 0.25) is 0 Å². The molecule has 0 amide bonds. The van der Waals surface area contributed by atoms with Crippen LogP contribution in [0.5, 0.6) is 0 Å². The minimum absolute atomic E-state index is 0.143. The van der Waals surface area contributed by atoms with Crippen molar-refractivity contribution in [3.63, 3.8) is 0 Å². The van der Waals surface area contributed by atoms with Gasteiger partial charge in [0, 0.05) is 6.54 Å². The van der Waals surface area contributed by atoms with E-state index in [9.17, 15) is 13.2 Å². The van der Waals surface area contributed by atoms with Gasteiger partial charge in [-0.15, -0.1) is 0 Å². The van der Waals surface area contributed by atoms with Gasteiger partial charge in [0.1, 0.15) is 5.82 Å². The number of aromatic carboxylic acids is 1. The summed E-state index contributed by atoms with van der Waals surface area (Å²) in [7, 11) is -3.02. The lowest BCUT2D eigenvalue weighted by atomic mass is 10.2. The SMILES string of the molecule is O=C(O)c1cnc(NC[C@@H]2CCCCS2(=O)=O)cn1. The van der Waals surface area contributed by atoms with Gasteiger partial charge in [-0.2, -0.15) is 0 Å². The lowest BCUT2D eigenvalue weighted by molar-refractivity contribution is 0.0690. The molecule has 0 aliphatic carbocycles. The minimum Gasteiger partial charge on any atom is -0.476 e. The summed E-state index contributed by atoms with van der Waals surface area (Å²) in [6.45, 7) is 0.281. The highest BCUT2D eigenvalue weighted by atomic mass is 32.2. The van der Waals surface area contributed by atoms with E-state index in [2.05, 4.69) is 15.3 Å². The molecule has 0 saturated carbocycles. The lowest BCUT2D eigenvalue weighted by Gasteiger charge is -2.22. The van der Waals surface area contributed by atoms with Gasteiger partial charge in [0.05, 0.1) is 23.4 Å². The van der Waals surface area contributed by atoms with Crippen LogP contribution in [-0.2, 0) is 9.84 Å². The van der Waals surface area contributed by atoms with Crippen molar-refractivity contribution in [1.29, 1.82) is 0 Å². The maximum Gasteiger partial charge on any atom is 0.356 e. The van der Waals surface area contributed by atoms with Gasteiger partial charge in [-0.1, -0.05) is 6.42 Å². The molecule has 1 aliphatic heterocycles. The molecule has 0 bridgehead atoms. The highest BCUT2D eigenvalue weighted by molar-refractivity contribution is 7.92. The highest BCUT2D eigenvalue weighted by Gasteiger charge is 2.28. The molecule has 1 aromatic heterocycles. The van der Waals surface area contributed by atoms with Crippen LogP contribution in [0.3, 0.4) is 0 Å². The molecule has 0 unspecified atom stereocenters. The van der Waals surface area contributed by atoms with Crippen LogP contribution in [0, 0.1) is 0 Å². The number of nitrogens with zero attached hydrogens (tertiary/aromatic N) is 2. The van der Waals surface area contributed by atoms with Crippen LogP contribution in [0.25, 0.3) is 0 Å². The molecule has 104 valence electrons. The van der Waals surface area contributed by atoms with Crippen LogP contribution >= 0.6 is 0 Å².